The van der Waals surface area contributed by atoms with E-state index >= 15 is 0 Å². The lowest BCUT2D eigenvalue weighted by atomic mass is 10.1. The molecule has 0 bridgehead atoms. The van der Waals surface area contributed by atoms with Crippen LogP contribution in [0.5, 0.6) is 5.75 Å². The number of hydrogen-bond acceptors (Lipinski definition) is 4. The second kappa shape index (κ2) is 7.62. The number of fused-ring (bicyclic) bond motifs is 1. The first kappa shape index (κ1) is 16.7. The number of carbonyl (C=O) groups is 1. The monoisotopic (exact) mass is 327 g/mol. The molecule has 3 rings (SSSR count). The van der Waals surface area contributed by atoms with E-state index in [1.165, 1.54) is 0 Å². The summed E-state index contributed by atoms with van der Waals surface area (Å²) < 4.78 is 6.14. The van der Waals surface area contributed by atoms with Crippen molar-refractivity contribution in [3.05, 3.63) is 30.5 Å². The smallest absolute Gasteiger partial charge is 0.225 e. The standard InChI is InChI=1S/C19H25N3O2/c1-3-4-18(23)21-19-17-6-5-16(13-14(17)7-10-20-19)24-15-8-11-22(2)12-9-15/h5-7,10,13,15H,3-4,8-9,11-12H2,1-2H3,(H,20,21,23). The zero-order valence-corrected chi connectivity index (χ0v) is 14.4. The highest BCUT2D eigenvalue weighted by Gasteiger charge is 2.18. The van der Waals surface area contributed by atoms with Crippen LogP contribution in [-0.4, -0.2) is 42.0 Å². The van der Waals surface area contributed by atoms with Crippen molar-refractivity contribution in [3.63, 3.8) is 0 Å². The number of nitrogens with zero attached hydrogens (tertiary/aromatic N) is 2. The maximum atomic E-state index is 11.8. The van der Waals surface area contributed by atoms with Gasteiger partial charge in [-0.25, -0.2) is 4.98 Å². The number of pyridine rings is 1. The molecule has 5 nitrogen and oxygen atoms in total. The summed E-state index contributed by atoms with van der Waals surface area (Å²) in [4.78, 5) is 18.5. The van der Waals surface area contributed by atoms with Crippen LogP contribution in [-0.2, 0) is 4.79 Å². The van der Waals surface area contributed by atoms with Crippen molar-refractivity contribution in [2.75, 3.05) is 25.5 Å². The summed E-state index contributed by atoms with van der Waals surface area (Å²) in [6.45, 7) is 4.15. The number of hydrogen-bond donors (Lipinski definition) is 1. The van der Waals surface area contributed by atoms with E-state index in [-0.39, 0.29) is 12.0 Å². The van der Waals surface area contributed by atoms with Crippen LogP contribution in [0.1, 0.15) is 32.6 Å². The van der Waals surface area contributed by atoms with Crippen LogP contribution >= 0.6 is 0 Å². The minimum Gasteiger partial charge on any atom is -0.490 e. The summed E-state index contributed by atoms with van der Waals surface area (Å²) in [6, 6.07) is 7.93. The van der Waals surface area contributed by atoms with Crippen LogP contribution in [0.4, 0.5) is 5.82 Å². The van der Waals surface area contributed by atoms with Crippen molar-refractivity contribution >= 4 is 22.5 Å². The Morgan fingerprint density at radius 1 is 1.33 bits per heavy atom. The molecule has 0 unspecified atom stereocenters. The Morgan fingerprint density at radius 2 is 2.12 bits per heavy atom. The van der Waals surface area contributed by atoms with Crippen LogP contribution in [0.2, 0.25) is 0 Å². The van der Waals surface area contributed by atoms with E-state index in [0.717, 1.165) is 48.9 Å². The highest BCUT2D eigenvalue weighted by Crippen LogP contribution is 2.27. The molecule has 1 fully saturated rings. The minimum absolute atomic E-state index is 0.00384. The normalized spacial score (nSPS) is 16.2. The number of rotatable bonds is 5. The number of nitrogens with one attached hydrogen (secondary N) is 1. The fourth-order valence-corrected chi connectivity index (χ4v) is 3.05. The van der Waals surface area contributed by atoms with Gasteiger partial charge in [0.05, 0.1) is 0 Å². The second-order valence-corrected chi connectivity index (χ2v) is 6.46. The van der Waals surface area contributed by atoms with E-state index in [4.69, 9.17) is 4.74 Å². The summed E-state index contributed by atoms with van der Waals surface area (Å²) >= 11 is 0. The number of benzene rings is 1. The lowest BCUT2D eigenvalue weighted by molar-refractivity contribution is -0.116. The summed E-state index contributed by atoms with van der Waals surface area (Å²) in [7, 11) is 2.15. The van der Waals surface area contributed by atoms with Gasteiger partial charge in [-0.1, -0.05) is 6.92 Å². The molecule has 0 saturated carbocycles. The van der Waals surface area contributed by atoms with Crippen LogP contribution in [0.25, 0.3) is 10.8 Å². The van der Waals surface area contributed by atoms with Gasteiger partial charge in [0.25, 0.3) is 0 Å². The van der Waals surface area contributed by atoms with Crippen molar-refractivity contribution in [3.8, 4) is 5.75 Å². The van der Waals surface area contributed by atoms with E-state index in [9.17, 15) is 4.79 Å². The Bertz CT molecular complexity index is 709. The molecule has 0 spiro atoms. The minimum atomic E-state index is 0.00384. The molecule has 0 atom stereocenters. The number of likely N-dealkylation sites (tertiary alicyclic amines) is 1. The maximum Gasteiger partial charge on any atom is 0.225 e. The summed E-state index contributed by atoms with van der Waals surface area (Å²) in [5.41, 5.74) is 0. The molecule has 24 heavy (non-hydrogen) atoms. The second-order valence-electron chi connectivity index (χ2n) is 6.46. The van der Waals surface area contributed by atoms with E-state index in [1.807, 2.05) is 31.2 Å². The predicted octanol–water partition coefficient (Wildman–Crippen LogP) is 3.45. The molecular formula is C19H25N3O2. The van der Waals surface area contributed by atoms with Crippen molar-refractivity contribution in [2.24, 2.45) is 0 Å². The van der Waals surface area contributed by atoms with Gasteiger partial charge in [0, 0.05) is 31.1 Å². The number of carbonyl (C=O) groups excluding carboxylic acids is 1. The Balaban J connectivity index is 1.75. The van der Waals surface area contributed by atoms with Gasteiger partial charge in [-0.05, 0) is 56.0 Å². The molecule has 128 valence electrons. The molecule has 2 aromatic rings. The highest BCUT2D eigenvalue weighted by molar-refractivity contribution is 6.00. The third-order valence-corrected chi connectivity index (χ3v) is 4.44. The lowest BCUT2D eigenvalue weighted by Gasteiger charge is -2.29. The first-order valence-electron chi connectivity index (χ1n) is 8.69. The number of piperidine rings is 1. The number of anilines is 1. The van der Waals surface area contributed by atoms with Crippen molar-refractivity contribution in [2.45, 2.75) is 38.7 Å². The molecule has 1 amide bonds. The largest absolute Gasteiger partial charge is 0.490 e. The number of amides is 1. The van der Waals surface area contributed by atoms with Gasteiger partial charge in [-0.2, -0.15) is 0 Å². The van der Waals surface area contributed by atoms with Crippen LogP contribution in [0.15, 0.2) is 30.5 Å². The summed E-state index contributed by atoms with van der Waals surface area (Å²) in [6.07, 6.45) is 5.46. The zero-order valence-electron chi connectivity index (χ0n) is 14.4. The van der Waals surface area contributed by atoms with Gasteiger partial charge in [0.15, 0.2) is 0 Å². The summed E-state index contributed by atoms with van der Waals surface area (Å²) in [5.74, 6) is 1.51. The van der Waals surface area contributed by atoms with Crippen molar-refractivity contribution < 1.29 is 9.53 Å². The quantitative estimate of drug-likeness (QED) is 0.914. The molecule has 1 aromatic carbocycles. The fourth-order valence-electron chi connectivity index (χ4n) is 3.05. The molecule has 1 aliphatic rings. The van der Waals surface area contributed by atoms with Crippen molar-refractivity contribution in [1.82, 2.24) is 9.88 Å². The fraction of sp³-hybridized carbons (Fsp3) is 0.474. The van der Waals surface area contributed by atoms with Crippen LogP contribution < -0.4 is 10.1 Å². The van der Waals surface area contributed by atoms with Gasteiger partial charge in [0.1, 0.15) is 17.7 Å². The topological polar surface area (TPSA) is 54.5 Å². The number of ether oxygens (including phenoxy) is 1. The molecule has 1 saturated heterocycles. The van der Waals surface area contributed by atoms with Gasteiger partial charge < -0.3 is 15.0 Å². The first-order valence-corrected chi connectivity index (χ1v) is 8.69. The molecule has 1 aromatic heterocycles. The molecule has 0 aliphatic carbocycles. The average Bonchev–Trinajstić information content (AvgIpc) is 2.57. The van der Waals surface area contributed by atoms with Crippen LogP contribution in [0, 0.1) is 0 Å². The Hall–Kier alpha value is -2.14. The zero-order chi connectivity index (χ0) is 16.9. The van der Waals surface area contributed by atoms with Gasteiger partial charge in [-0.3, -0.25) is 4.79 Å². The van der Waals surface area contributed by atoms with E-state index < -0.39 is 0 Å². The third-order valence-electron chi connectivity index (χ3n) is 4.44. The molecule has 1 aliphatic heterocycles. The number of aromatic nitrogens is 1. The average molecular weight is 327 g/mol. The van der Waals surface area contributed by atoms with Gasteiger partial charge >= 0.3 is 0 Å². The molecule has 2 heterocycles. The Morgan fingerprint density at radius 3 is 2.88 bits per heavy atom. The van der Waals surface area contributed by atoms with Gasteiger partial charge in [0.2, 0.25) is 5.91 Å². The lowest BCUT2D eigenvalue weighted by Crippen LogP contribution is -2.35. The van der Waals surface area contributed by atoms with E-state index in [1.54, 1.807) is 6.20 Å². The molecule has 1 N–H and O–H groups in total. The Labute approximate surface area is 143 Å². The van der Waals surface area contributed by atoms with E-state index in [2.05, 4.69) is 22.2 Å². The highest BCUT2D eigenvalue weighted by atomic mass is 16.5. The SMILES string of the molecule is CCCC(=O)Nc1nccc2cc(OC3CCN(C)CC3)ccc12. The van der Waals surface area contributed by atoms with Crippen molar-refractivity contribution in [1.29, 1.82) is 0 Å². The maximum absolute atomic E-state index is 11.8. The third kappa shape index (κ3) is 4.03. The summed E-state index contributed by atoms with van der Waals surface area (Å²) in [5, 5.41) is 4.87. The predicted molar refractivity (Wildman–Crippen MR) is 96.4 cm³/mol. The molecule has 5 heteroatoms. The van der Waals surface area contributed by atoms with E-state index in [0.29, 0.717) is 12.2 Å². The molecule has 0 radical (unpaired) electrons. The van der Waals surface area contributed by atoms with Crippen LogP contribution in [0.3, 0.4) is 0 Å². The van der Waals surface area contributed by atoms with Gasteiger partial charge in [-0.15, -0.1) is 0 Å². The molecular weight excluding hydrogens is 302 g/mol. The first-order chi connectivity index (χ1) is 11.7. The Kier molecular flexibility index (Phi) is 5.30.